The van der Waals surface area contributed by atoms with Crippen molar-refractivity contribution >= 4 is 0 Å². The Hall–Kier alpha value is -0.440. The van der Waals surface area contributed by atoms with Crippen molar-refractivity contribution in [2.75, 3.05) is 0 Å². The Morgan fingerprint density at radius 3 is 1.65 bits per heavy atom. The van der Waals surface area contributed by atoms with Gasteiger partial charge >= 0.3 is 0 Å². The van der Waals surface area contributed by atoms with Gasteiger partial charge < -0.3 is 0 Å². The van der Waals surface area contributed by atoms with Crippen LogP contribution in [0.1, 0.15) is 90.9 Å². The van der Waals surface area contributed by atoms with Crippen molar-refractivity contribution in [2.24, 2.45) is 0 Å². The van der Waals surface area contributed by atoms with Crippen molar-refractivity contribution in [2.45, 2.75) is 90.9 Å². The zero-order valence-corrected chi connectivity index (χ0v) is 12.1. The molecule has 0 spiro atoms. The van der Waals surface area contributed by atoms with E-state index in [1.807, 2.05) is 13.3 Å². The van der Waals surface area contributed by atoms with Gasteiger partial charge in [0.05, 0.1) is 0 Å². The standard InChI is InChI=1S/C17H31/c1-3-5-7-9-11-13-15-17-16-14-12-10-8-6-4-2/h3H,4,6,8-17H2,1-2H3. The first-order valence-corrected chi connectivity index (χ1v) is 7.68. The maximum atomic E-state index is 3.16. The minimum absolute atomic E-state index is 1.08. The summed E-state index contributed by atoms with van der Waals surface area (Å²) in [7, 11) is 0. The van der Waals surface area contributed by atoms with Crippen LogP contribution in [-0.4, -0.2) is 0 Å². The van der Waals surface area contributed by atoms with E-state index in [1.54, 1.807) is 0 Å². The molecule has 0 aliphatic carbocycles. The smallest absolute Gasteiger partial charge is 0.0309 e. The lowest BCUT2D eigenvalue weighted by Crippen LogP contribution is -1.82. The molecule has 1 radical (unpaired) electrons. The third-order valence-electron chi connectivity index (χ3n) is 3.15. The van der Waals surface area contributed by atoms with E-state index in [-0.39, 0.29) is 0 Å². The van der Waals surface area contributed by atoms with Crippen LogP contribution in [0.4, 0.5) is 0 Å². The lowest BCUT2D eigenvalue weighted by molar-refractivity contribution is 0.551. The third-order valence-corrected chi connectivity index (χ3v) is 3.15. The highest BCUT2D eigenvalue weighted by Gasteiger charge is 1.92. The first-order chi connectivity index (χ1) is 8.41. The van der Waals surface area contributed by atoms with Gasteiger partial charge in [0.15, 0.2) is 0 Å². The predicted molar refractivity (Wildman–Crippen MR) is 78.8 cm³/mol. The predicted octanol–water partition coefficient (Wildman–Crippen LogP) is 5.92. The summed E-state index contributed by atoms with van der Waals surface area (Å²) in [5, 5.41) is 0. The molecule has 99 valence electrons. The normalized spacial score (nSPS) is 10.0. The summed E-state index contributed by atoms with van der Waals surface area (Å²) >= 11 is 0. The van der Waals surface area contributed by atoms with Crippen LogP contribution < -0.4 is 0 Å². The van der Waals surface area contributed by atoms with Crippen LogP contribution in [0.25, 0.3) is 0 Å². The minimum Gasteiger partial charge on any atom is -0.103 e. The highest BCUT2D eigenvalue weighted by atomic mass is 14.0. The van der Waals surface area contributed by atoms with Crippen molar-refractivity contribution in [1.29, 1.82) is 0 Å². The number of unbranched alkanes of at least 4 members (excludes halogenated alkanes) is 11. The van der Waals surface area contributed by atoms with Gasteiger partial charge in [-0.25, -0.2) is 0 Å². The Labute approximate surface area is 110 Å². The summed E-state index contributed by atoms with van der Waals surface area (Å²) in [5.74, 6) is 6.17. The van der Waals surface area contributed by atoms with Crippen LogP contribution in [-0.2, 0) is 0 Å². The molecule has 0 atom stereocenters. The highest BCUT2D eigenvalue weighted by Crippen LogP contribution is 2.11. The summed E-state index contributed by atoms with van der Waals surface area (Å²) in [6.45, 7) is 4.27. The third kappa shape index (κ3) is 15.6. The van der Waals surface area contributed by atoms with Gasteiger partial charge in [-0.2, -0.15) is 0 Å². The average Bonchev–Trinajstić information content (AvgIpc) is 2.35. The molecule has 0 aliphatic rings. The first kappa shape index (κ1) is 16.6. The van der Waals surface area contributed by atoms with E-state index in [4.69, 9.17) is 0 Å². The molecule has 0 aromatic rings. The molecule has 0 saturated heterocycles. The first-order valence-electron chi connectivity index (χ1n) is 7.68. The van der Waals surface area contributed by atoms with Gasteiger partial charge in [-0.3, -0.25) is 0 Å². The lowest BCUT2D eigenvalue weighted by atomic mass is 10.1. The highest BCUT2D eigenvalue weighted by molar-refractivity contribution is 5.07. The molecule has 0 aromatic heterocycles. The fourth-order valence-electron chi connectivity index (χ4n) is 2.05. The molecule has 0 heteroatoms. The molecule has 0 fully saturated rings. The van der Waals surface area contributed by atoms with E-state index < -0.39 is 0 Å². The van der Waals surface area contributed by atoms with Crippen molar-refractivity contribution in [3.63, 3.8) is 0 Å². The van der Waals surface area contributed by atoms with E-state index >= 15 is 0 Å². The van der Waals surface area contributed by atoms with E-state index in [0.717, 1.165) is 6.42 Å². The number of hydrogen-bond acceptors (Lipinski definition) is 0. The fourth-order valence-corrected chi connectivity index (χ4v) is 2.05. The molecule has 17 heavy (non-hydrogen) atoms. The fraction of sp³-hybridized carbons (Fsp3) is 0.824. The van der Waals surface area contributed by atoms with Crippen molar-refractivity contribution in [3.8, 4) is 11.8 Å². The Bertz CT molecular complexity index is 182. The van der Waals surface area contributed by atoms with Crippen molar-refractivity contribution < 1.29 is 0 Å². The summed E-state index contributed by atoms with van der Waals surface area (Å²) in [6, 6.07) is 0. The van der Waals surface area contributed by atoms with E-state index in [0.29, 0.717) is 0 Å². The van der Waals surface area contributed by atoms with Crippen LogP contribution in [0.2, 0.25) is 0 Å². The van der Waals surface area contributed by atoms with E-state index in [9.17, 15) is 0 Å². The second kappa shape index (κ2) is 15.6. The molecule has 0 aliphatic heterocycles. The van der Waals surface area contributed by atoms with Crippen LogP contribution in [0.3, 0.4) is 0 Å². The molecule has 0 saturated carbocycles. The van der Waals surface area contributed by atoms with Crippen molar-refractivity contribution in [3.05, 3.63) is 6.42 Å². The molecule has 0 bridgehead atoms. The summed E-state index contributed by atoms with van der Waals surface area (Å²) in [6.07, 6.45) is 18.6. The Balaban J connectivity index is 2.94. The zero-order valence-electron chi connectivity index (χ0n) is 12.1. The number of rotatable bonds is 11. The molecular weight excluding hydrogens is 204 g/mol. The van der Waals surface area contributed by atoms with Gasteiger partial charge in [-0.15, -0.1) is 5.92 Å². The lowest BCUT2D eigenvalue weighted by Gasteiger charge is -2.01. The maximum absolute atomic E-state index is 3.16. The monoisotopic (exact) mass is 235 g/mol. The molecule has 0 rings (SSSR count). The Morgan fingerprint density at radius 2 is 1.18 bits per heavy atom. The van der Waals surface area contributed by atoms with Crippen molar-refractivity contribution in [1.82, 2.24) is 0 Å². The second-order valence-corrected chi connectivity index (χ2v) is 4.90. The molecule has 0 aromatic carbocycles. The quantitative estimate of drug-likeness (QED) is 0.308. The van der Waals surface area contributed by atoms with Crippen LogP contribution >= 0.6 is 0 Å². The second-order valence-electron chi connectivity index (χ2n) is 4.90. The van der Waals surface area contributed by atoms with Gasteiger partial charge in [0.25, 0.3) is 0 Å². The molecular formula is C17H31. The van der Waals surface area contributed by atoms with Gasteiger partial charge in [0, 0.05) is 12.8 Å². The van der Waals surface area contributed by atoms with E-state index in [2.05, 4.69) is 18.8 Å². The SMILES string of the molecule is C[CH]C#CCCCCCCCCCCCCC. The molecule has 0 N–H and O–H groups in total. The molecule has 0 heterocycles. The summed E-state index contributed by atoms with van der Waals surface area (Å²) < 4.78 is 0. The van der Waals surface area contributed by atoms with Crippen LogP contribution in [0, 0.1) is 18.3 Å². The summed E-state index contributed by atoms with van der Waals surface area (Å²) in [5.41, 5.74) is 0. The molecule has 0 unspecified atom stereocenters. The zero-order chi connectivity index (χ0) is 12.6. The minimum atomic E-state index is 1.08. The molecule has 0 nitrogen and oxygen atoms in total. The van der Waals surface area contributed by atoms with Gasteiger partial charge in [-0.1, -0.05) is 84.0 Å². The van der Waals surface area contributed by atoms with Crippen LogP contribution in [0.15, 0.2) is 0 Å². The Kier molecular flexibility index (Phi) is 15.2. The Morgan fingerprint density at radius 1 is 0.706 bits per heavy atom. The van der Waals surface area contributed by atoms with Gasteiger partial charge in [-0.05, 0) is 6.42 Å². The number of hydrogen-bond donors (Lipinski definition) is 0. The maximum Gasteiger partial charge on any atom is 0.0309 e. The van der Waals surface area contributed by atoms with Gasteiger partial charge in [0.2, 0.25) is 0 Å². The average molecular weight is 235 g/mol. The van der Waals surface area contributed by atoms with Crippen LogP contribution in [0.5, 0.6) is 0 Å². The van der Waals surface area contributed by atoms with E-state index in [1.165, 1.54) is 70.6 Å². The molecule has 0 amide bonds. The topological polar surface area (TPSA) is 0 Å². The largest absolute Gasteiger partial charge is 0.103 e. The summed E-state index contributed by atoms with van der Waals surface area (Å²) in [4.78, 5) is 0. The van der Waals surface area contributed by atoms with Gasteiger partial charge in [0.1, 0.15) is 0 Å².